The molecule has 0 bridgehead atoms. The first-order valence-corrected chi connectivity index (χ1v) is 12.3. The molecule has 0 atom stereocenters. The van der Waals surface area contributed by atoms with Crippen molar-refractivity contribution in [2.45, 2.75) is 24.5 Å². The van der Waals surface area contributed by atoms with E-state index in [2.05, 4.69) is 9.71 Å². The van der Waals surface area contributed by atoms with Gasteiger partial charge in [0.15, 0.2) is 11.0 Å². The number of nitrogens with one attached hydrogen (secondary N) is 1. The summed E-state index contributed by atoms with van der Waals surface area (Å²) in [6.45, 7) is 3.42. The van der Waals surface area contributed by atoms with Crippen LogP contribution in [0.5, 0.6) is 5.75 Å². The predicted octanol–water partition coefficient (Wildman–Crippen LogP) is 5.30. The second-order valence-corrected chi connectivity index (χ2v) is 9.56. The van der Waals surface area contributed by atoms with Gasteiger partial charge >= 0.3 is 0 Å². The first-order chi connectivity index (χ1) is 15.3. The number of thioether (sulfide) groups is 1. The van der Waals surface area contributed by atoms with Crippen LogP contribution in [0.4, 0.5) is 5.69 Å². The van der Waals surface area contributed by atoms with Crippen LogP contribution in [0.25, 0.3) is 0 Å². The minimum Gasteiger partial charge on any atom is -0.496 e. The fraction of sp³-hybridized carbons (Fsp3) is 0.167. The summed E-state index contributed by atoms with van der Waals surface area (Å²) >= 11 is 1.22. The van der Waals surface area contributed by atoms with E-state index in [-0.39, 0.29) is 15.8 Å². The topological polar surface area (TPSA) is 84.8 Å². The minimum absolute atomic E-state index is 0.0579. The molecule has 0 heterocycles. The summed E-state index contributed by atoms with van der Waals surface area (Å²) in [4.78, 5) is 11.9. The second-order valence-electron chi connectivity index (χ2n) is 7.00. The molecule has 3 aromatic carbocycles. The third-order valence-electron chi connectivity index (χ3n) is 4.68. The molecule has 166 valence electrons. The average Bonchev–Trinajstić information content (AvgIpc) is 2.79. The van der Waals surface area contributed by atoms with E-state index >= 15 is 0 Å². The number of ether oxygens (including phenoxy) is 1. The Bertz CT molecular complexity index is 1240. The van der Waals surface area contributed by atoms with Gasteiger partial charge in [-0.3, -0.25) is 4.79 Å². The predicted molar refractivity (Wildman–Crippen MR) is 130 cm³/mol. The number of para-hydroxylation sites is 1. The van der Waals surface area contributed by atoms with Crippen molar-refractivity contribution in [1.29, 1.82) is 0 Å². The lowest BCUT2D eigenvalue weighted by Gasteiger charge is -2.14. The smallest absolute Gasteiger partial charge is 0.284 e. The van der Waals surface area contributed by atoms with Crippen molar-refractivity contribution in [2.75, 3.05) is 12.4 Å². The van der Waals surface area contributed by atoms with E-state index < -0.39 is 10.0 Å². The van der Waals surface area contributed by atoms with Crippen LogP contribution in [0, 0.1) is 6.92 Å². The van der Waals surface area contributed by atoms with Crippen molar-refractivity contribution < 1.29 is 17.9 Å². The zero-order valence-corrected chi connectivity index (χ0v) is 19.7. The third-order valence-corrected chi connectivity index (χ3v) is 7.01. The summed E-state index contributed by atoms with van der Waals surface area (Å²) in [5.74, 6) is 0.910. The van der Waals surface area contributed by atoms with Gasteiger partial charge in [0.2, 0.25) is 0 Å². The molecule has 0 saturated heterocycles. The van der Waals surface area contributed by atoms with Gasteiger partial charge in [0, 0.05) is 22.6 Å². The van der Waals surface area contributed by atoms with Gasteiger partial charge in [0.1, 0.15) is 5.75 Å². The number of Topliss-reactive ketones (excluding diaryl/α,β-unsaturated/α-hetero) is 1. The van der Waals surface area contributed by atoms with Gasteiger partial charge in [-0.15, -0.1) is 4.40 Å². The summed E-state index contributed by atoms with van der Waals surface area (Å²) in [6, 6.07) is 20.8. The van der Waals surface area contributed by atoms with Crippen molar-refractivity contribution in [3.63, 3.8) is 0 Å². The summed E-state index contributed by atoms with van der Waals surface area (Å²) in [7, 11) is -2.36. The highest BCUT2D eigenvalue weighted by molar-refractivity contribution is 8.14. The Morgan fingerprint density at radius 3 is 2.38 bits per heavy atom. The molecule has 3 aromatic rings. The van der Waals surface area contributed by atoms with E-state index in [0.717, 1.165) is 16.8 Å². The standard InChI is InChI=1S/C24H24N2O4S2/c1-17-9-7-8-12-22(17)25-24(26-32(28,29)21-10-5-4-6-11-21)31-16-20-15-19(18(2)27)13-14-23(20)30-3/h4-15H,16H2,1-3H3,(H,25,26). The van der Waals surface area contributed by atoms with E-state index in [1.807, 2.05) is 31.2 Å². The lowest BCUT2D eigenvalue weighted by molar-refractivity contribution is 0.101. The van der Waals surface area contributed by atoms with Crippen molar-refractivity contribution in [3.8, 4) is 5.75 Å². The van der Waals surface area contributed by atoms with Gasteiger partial charge < -0.3 is 10.1 Å². The van der Waals surface area contributed by atoms with Crippen LogP contribution >= 0.6 is 11.8 Å². The zero-order chi connectivity index (χ0) is 23.1. The third kappa shape index (κ3) is 5.99. The monoisotopic (exact) mass is 468 g/mol. The van der Waals surface area contributed by atoms with Crippen molar-refractivity contribution in [3.05, 3.63) is 89.5 Å². The number of carbonyl (C=O) groups is 1. The number of benzene rings is 3. The van der Waals surface area contributed by atoms with E-state index in [9.17, 15) is 13.2 Å². The fourth-order valence-electron chi connectivity index (χ4n) is 2.92. The molecule has 0 aliphatic carbocycles. The van der Waals surface area contributed by atoms with E-state index in [4.69, 9.17) is 4.74 Å². The van der Waals surface area contributed by atoms with Crippen molar-refractivity contribution >= 4 is 38.4 Å². The molecule has 0 aromatic heterocycles. The number of aryl methyl sites for hydroxylation is 1. The highest BCUT2D eigenvalue weighted by atomic mass is 32.2. The molecular weight excluding hydrogens is 444 g/mol. The summed E-state index contributed by atoms with van der Waals surface area (Å²) < 4.78 is 35.3. The summed E-state index contributed by atoms with van der Waals surface area (Å²) in [5, 5.41) is 3.37. The molecular formula is C24H24N2O4S2. The maximum Gasteiger partial charge on any atom is 0.284 e. The van der Waals surface area contributed by atoms with Crippen LogP contribution in [0.3, 0.4) is 0 Å². The van der Waals surface area contributed by atoms with Crippen LogP contribution < -0.4 is 10.1 Å². The first kappa shape index (κ1) is 23.6. The highest BCUT2D eigenvalue weighted by Gasteiger charge is 2.16. The Labute approximate surface area is 192 Å². The zero-order valence-electron chi connectivity index (χ0n) is 18.0. The number of carbonyl (C=O) groups excluding carboxylic acids is 1. The Balaban J connectivity index is 1.96. The Hall–Kier alpha value is -3.10. The van der Waals surface area contributed by atoms with Gasteiger partial charge in [-0.25, -0.2) is 0 Å². The lowest BCUT2D eigenvalue weighted by atomic mass is 10.1. The Morgan fingerprint density at radius 2 is 1.72 bits per heavy atom. The number of anilines is 1. The summed E-state index contributed by atoms with van der Waals surface area (Å²) in [5.41, 5.74) is 3.03. The second kappa shape index (κ2) is 10.5. The lowest BCUT2D eigenvalue weighted by Crippen LogP contribution is -2.13. The largest absolute Gasteiger partial charge is 0.496 e. The molecule has 3 rings (SSSR count). The minimum atomic E-state index is -3.91. The molecule has 0 aliphatic rings. The molecule has 0 fully saturated rings. The number of amidine groups is 1. The van der Waals surface area contributed by atoms with E-state index in [0.29, 0.717) is 17.1 Å². The number of ketones is 1. The van der Waals surface area contributed by atoms with E-state index in [1.165, 1.54) is 30.8 Å². The number of hydrogen-bond acceptors (Lipinski definition) is 5. The number of hydrogen-bond donors (Lipinski definition) is 1. The molecule has 0 amide bonds. The molecule has 0 spiro atoms. The van der Waals surface area contributed by atoms with Gasteiger partial charge in [0.25, 0.3) is 10.0 Å². The van der Waals surface area contributed by atoms with Crippen LogP contribution in [0.2, 0.25) is 0 Å². The molecule has 0 radical (unpaired) electrons. The quantitative estimate of drug-likeness (QED) is 0.288. The molecule has 0 aliphatic heterocycles. The SMILES string of the molecule is COc1ccc(C(C)=O)cc1CS/C(=N\S(=O)(=O)c1ccccc1)Nc1ccccc1C. The number of rotatable bonds is 7. The number of nitrogens with zero attached hydrogens (tertiary/aromatic N) is 1. The average molecular weight is 469 g/mol. The van der Waals surface area contributed by atoms with Crippen molar-refractivity contribution in [1.82, 2.24) is 0 Å². The van der Waals surface area contributed by atoms with Crippen LogP contribution in [-0.4, -0.2) is 26.5 Å². The highest BCUT2D eigenvalue weighted by Crippen LogP contribution is 2.27. The fourth-order valence-corrected chi connectivity index (χ4v) is 5.00. The molecule has 8 heteroatoms. The summed E-state index contributed by atoms with van der Waals surface area (Å²) in [6.07, 6.45) is 0. The Kier molecular flexibility index (Phi) is 7.71. The van der Waals surface area contributed by atoms with Gasteiger partial charge in [-0.1, -0.05) is 48.2 Å². The molecule has 0 unspecified atom stereocenters. The molecule has 1 N–H and O–H groups in total. The normalized spacial score (nSPS) is 11.8. The maximum atomic E-state index is 12.9. The molecule has 0 saturated carbocycles. The molecule has 32 heavy (non-hydrogen) atoms. The molecule has 6 nitrogen and oxygen atoms in total. The van der Waals surface area contributed by atoms with E-state index in [1.54, 1.807) is 43.5 Å². The van der Waals surface area contributed by atoms with Gasteiger partial charge in [-0.05, 0) is 55.8 Å². The van der Waals surface area contributed by atoms with Gasteiger partial charge in [-0.2, -0.15) is 8.42 Å². The maximum absolute atomic E-state index is 12.9. The van der Waals surface area contributed by atoms with Crippen LogP contribution in [0.15, 0.2) is 82.1 Å². The Morgan fingerprint density at radius 1 is 1.03 bits per heavy atom. The van der Waals surface area contributed by atoms with Crippen molar-refractivity contribution in [2.24, 2.45) is 4.40 Å². The first-order valence-electron chi connectivity index (χ1n) is 9.83. The van der Waals surface area contributed by atoms with Crippen LogP contribution in [0.1, 0.15) is 28.4 Å². The van der Waals surface area contributed by atoms with Crippen LogP contribution in [-0.2, 0) is 15.8 Å². The van der Waals surface area contributed by atoms with Gasteiger partial charge in [0.05, 0.1) is 12.0 Å². The number of sulfonamides is 1. The number of methoxy groups -OCH3 is 1.